The van der Waals surface area contributed by atoms with Crippen LogP contribution in [0.25, 0.3) is 0 Å². The molecule has 1 N–H and O–H groups in total. The molecule has 0 heterocycles. The number of hydrogen-bond acceptors (Lipinski definition) is 2. The van der Waals surface area contributed by atoms with Crippen LogP contribution in [0, 0.1) is 12.3 Å². The quantitative estimate of drug-likeness (QED) is 0.461. The maximum Gasteiger partial charge on any atom is 0.0574 e. The van der Waals surface area contributed by atoms with Gasteiger partial charge in [-0.05, 0) is 6.92 Å². The minimum Gasteiger partial charge on any atom is -0.305 e. The molecule has 58 valence electrons. The predicted octanol–water partition coefficient (Wildman–Crippen LogP) is -0.0238. The average molecular weight is 159 g/mol. The first-order chi connectivity index (χ1) is 4.68. The fraction of sp³-hybridized carbons (Fsp3) is 0.714. The SMILES string of the molecule is C#CCNCC(C)S(C)=O. The first-order valence-electron chi connectivity index (χ1n) is 3.15. The molecule has 0 saturated heterocycles. The van der Waals surface area contributed by atoms with E-state index in [0.717, 1.165) is 6.54 Å². The van der Waals surface area contributed by atoms with E-state index in [1.165, 1.54) is 0 Å². The molecule has 0 aliphatic rings. The molecular formula is C7H13NOS. The van der Waals surface area contributed by atoms with Gasteiger partial charge >= 0.3 is 0 Å². The molecule has 0 aromatic rings. The van der Waals surface area contributed by atoms with E-state index in [1.54, 1.807) is 6.26 Å². The van der Waals surface area contributed by atoms with Gasteiger partial charge in [0.2, 0.25) is 0 Å². The van der Waals surface area contributed by atoms with Gasteiger partial charge in [-0.3, -0.25) is 4.21 Å². The van der Waals surface area contributed by atoms with Gasteiger partial charge in [0.05, 0.1) is 6.54 Å². The molecule has 0 aromatic carbocycles. The van der Waals surface area contributed by atoms with E-state index in [1.807, 2.05) is 6.92 Å². The molecule has 0 amide bonds. The maximum atomic E-state index is 10.8. The van der Waals surface area contributed by atoms with Crippen molar-refractivity contribution in [1.29, 1.82) is 0 Å². The van der Waals surface area contributed by atoms with Crippen molar-refractivity contribution in [2.75, 3.05) is 19.3 Å². The minimum absolute atomic E-state index is 0.188. The summed E-state index contributed by atoms with van der Waals surface area (Å²) < 4.78 is 10.8. The monoisotopic (exact) mass is 159 g/mol. The second-order valence-corrected chi connectivity index (χ2v) is 3.95. The normalized spacial score (nSPS) is 15.7. The second kappa shape index (κ2) is 5.45. The fourth-order valence-corrected chi connectivity index (χ4v) is 0.818. The Labute approximate surface area is 64.9 Å². The summed E-state index contributed by atoms with van der Waals surface area (Å²) in [5, 5.41) is 3.18. The topological polar surface area (TPSA) is 29.1 Å². The van der Waals surface area contributed by atoms with Gasteiger partial charge in [-0.25, -0.2) is 0 Å². The van der Waals surface area contributed by atoms with Crippen LogP contribution in [0.4, 0.5) is 0 Å². The zero-order chi connectivity index (χ0) is 7.98. The van der Waals surface area contributed by atoms with Gasteiger partial charge in [-0.1, -0.05) is 5.92 Å². The highest BCUT2D eigenvalue weighted by Gasteiger charge is 2.03. The van der Waals surface area contributed by atoms with Crippen LogP contribution in [-0.2, 0) is 10.8 Å². The molecule has 2 atom stereocenters. The summed E-state index contributed by atoms with van der Waals surface area (Å²) in [6, 6.07) is 0. The first kappa shape index (κ1) is 9.67. The van der Waals surface area contributed by atoms with Gasteiger partial charge < -0.3 is 5.32 Å². The van der Waals surface area contributed by atoms with E-state index in [2.05, 4.69) is 11.2 Å². The van der Waals surface area contributed by atoms with Gasteiger partial charge in [0.1, 0.15) is 0 Å². The lowest BCUT2D eigenvalue weighted by Gasteiger charge is -2.06. The highest BCUT2D eigenvalue weighted by atomic mass is 32.2. The Morgan fingerprint density at radius 2 is 2.40 bits per heavy atom. The number of hydrogen-bond donors (Lipinski definition) is 1. The summed E-state index contributed by atoms with van der Waals surface area (Å²) in [6.07, 6.45) is 6.70. The standard InChI is InChI=1S/C7H13NOS/c1-4-5-8-6-7(2)10(3)9/h1,7-8H,5-6H2,2-3H3. The molecular weight excluding hydrogens is 146 g/mol. The van der Waals surface area contributed by atoms with Crippen molar-refractivity contribution in [3.63, 3.8) is 0 Å². The highest BCUT2D eigenvalue weighted by molar-refractivity contribution is 7.84. The van der Waals surface area contributed by atoms with Crippen molar-refractivity contribution >= 4 is 10.8 Å². The van der Waals surface area contributed by atoms with E-state index in [-0.39, 0.29) is 5.25 Å². The molecule has 0 rings (SSSR count). The molecule has 10 heavy (non-hydrogen) atoms. The summed E-state index contributed by atoms with van der Waals surface area (Å²) in [4.78, 5) is 0. The second-order valence-electron chi connectivity index (χ2n) is 2.14. The summed E-state index contributed by atoms with van der Waals surface area (Å²) in [6.45, 7) is 3.22. The number of nitrogens with one attached hydrogen (secondary N) is 1. The Morgan fingerprint density at radius 1 is 1.80 bits per heavy atom. The van der Waals surface area contributed by atoms with Crippen LogP contribution in [0.1, 0.15) is 6.92 Å². The van der Waals surface area contributed by atoms with Crippen LogP contribution in [0.3, 0.4) is 0 Å². The number of rotatable bonds is 4. The third-order valence-electron chi connectivity index (χ3n) is 1.23. The van der Waals surface area contributed by atoms with Gasteiger partial charge in [-0.2, -0.15) is 0 Å². The van der Waals surface area contributed by atoms with Crippen LogP contribution >= 0.6 is 0 Å². The van der Waals surface area contributed by atoms with Gasteiger partial charge in [0.15, 0.2) is 0 Å². The van der Waals surface area contributed by atoms with Crippen molar-refractivity contribution < 1.29 is 4.21 Å². The summed E-state index contributed by atoms with van der Waals surface area (Å²) in [7, 11) is -0.745. The molecule has 0 saturated carbocycles. The van der Waals surface area contributed by atoms with Crippen LogP contribution in [0.2, 0.25) is 0 Å². The molecule has 2 nitrogen and oxygen atoms in total. The van der Waals surface area contributed by atoms with Crippen molar-refractivity contribution in [3.05, 3.63) is 0 Å². The Hall–Kier alpha value is -0.330. The summed E-state index contributed by atoms with van der Waals surface area (Å²) in [5.41, 5.74) is 0. The van der Waals surface area contributed by atoms with Crippen LogP contribution in [0.15, 0.2) is 0 Å². The molecule has 0 aliphatic carbocycles. The summed E-state index contributed by atoms with van der Waals surface area (Å²) in [5.74, 6) is 2.45. The highest BCUT2D eigenvalue weighted by Crippen LogP contribution is 1.88. The third-order valence-corrected chi connectivity index (χ3v) is 2.53. The minimum atomic E-state index is -0.745. The van der Waals surface area contributed by atoms with E-state index >= 15 is 0 Å². The van der Waals surface area contributed by atoms with Crippen LogP contribution in [0.5, 0.6) is 0 Å². The van der Waals surface area contributed by atoms with Crippen molar-refractivity contribution in [2.45, 2.75) is 12.2 Å². The zero-order valence-electron chi connectivity index (χ0n) is 6.39. The largest absolute Gasteiger partial charge is 0.305 e. The molecule has 0 aromatic heterocycles. The van der Waals surface area contributed by atoms with Crippen molar-refractivity contribution in [1.82, 2.24) is 5.32 Å². The third kappa shape index (κ3) is 4.54. The van der Waals surface area contributed by atoms with Gasteiger partial charge in [0.25, 0.3) is 0 Å². The fourth-order valence-electron chi connectivity index (χ4n) is 0.465. The summed E-state index contributed by atoms with van der Waals surface area (Å²) >= 11 is 0. The van der Waals surface area contributed by atoms with E-state index in [9.17, 15) is 4.21 Å². The maximum absolute atomic E-state index is 10.8. The molecule has 0 fully saturated rings. The molecule has 0 spiro atoms. The van der Waals surface area contributed by atoms with Crippen LogP contribution < -0.4 is 5.32 Å². The molecule has 0 aliphatic heterocycles. The Bertz CT molecular complexity index is 150. The van der Waals surface area contributed by atoms with E-state index in [4.69, 9.17) is 6.42 Å². The molecule has 2 unspecified atom stereocenters. The average Bonchev–Trinajstić information content (AvgIpc) is 1.88. The Morgan fingerprint density at radius 3 is 2.80 bits per heavy atom. The van der Waals surface area contributed by atoms with Gasteiger partial charge in [-0.15, -0.1) is 6.42 Å². The molecule has 0 radical (unpaired) electrons. The smallest absolute Gasteiger partial charge is 0.0574 e. The number of terminal acetylenes is 1. The van der Waals surface area contributed by atoms with Crippen molar-refractivity contribution in [3.8, 4) is 12.3 Å². The molecule has 0 bridgehead atoms. The van der Waals surface area contributed by atoms with Gasteiger partial charge in [0, 0.05) is 28.9 Å². The molecule has 3 heteroatoms. The van der Waals surface area contributed by atoms with Crippen LogP contribution in [-0.4, -0.2) is 28.8 Å². The lowest BCUT2D eigenvalue weighted by Crippen LogP contribution is -2.27. The first-order valence-corrected chi connectivity index (χ1v) is 4.77. The lowest BCUT2D eigenvalue weighted by molar-refractivity contribution is 0.664. The van der Waals surface area contributed by atoms with Crippen molar-refractivity contribution in [2.24, 2.45) is 0 Å². The predicted molar refractivity (Wildman–Crippen MR) is 45.2 cm³/mol. The lowest BCUT2D eigenvalue weighted by atomic mass is 10.4. The zero-order valence-corrected chi connectivity index (χ0v) is 7.20. The Balaban J connectivity index is 3.32. The van der Waals surface area contributed by atoms with E-state index in [0.29, 0.717) is 6.54 Å². The van der Waals surface area contributed by atoms with E-state index < -0.39 is 10.8 Å². The Kier molecular flexibility index (Phi) is 5.27.